The molecule has 1 saturated carbocycles. The minimum Gasteiger partial charge on any atom is -0.395 e. The van der Waals surface area contributed by atoms with Crippen molar-refractivity contribution in [1.29, 1.82) is 0 Å². The molecule has 0 saturated heterocycles. The van der Waals surface area contributed by atoms with Gasteiger partial charge in [0.25, 0.3) is 0 Å². The van der Waals surface area contributed by atoms with E-state index in [9.17, 15) is 22.8 Å². The fourth-order valence-corrected chi connectivity index (χ4v) is 4.15. The first kappa shape index (κ1) is 21.9. The number of benzene rings is 2. The van der Waals surface area contributed by atoms with Crippen LogP contribution in [0.25, 0.3) is 22.2 Å². The molecule has 2 aromatic carbocycles. The number of fused-ring (bicyclic) bond motifs is 1. The van der Waals surface area contributed by atoms with Crippen LogP contribution in [-0.2, 0) is 9.59 Å². The zero-order chi connectivity index (χ0) is 22.8. The van der Waals surface area contributed by atoms with Crippen molar-refractivity contribution < 1.29 is 27.9 Å². The maximum atomic E-state index is 14.4. The van der Waals surface area contributed by atoms with Crippen LogP contribution in [-0.4, -0.2) is 41.6 Å². The fraction of sp³-hybridized carbons (Fsp3) is 0.304. The molecule has 4 N–H and O–H groups in total. The number of aliphatic hydroxyl groups is 1. The summed E-state index contributed by atoms with van der Waals surface area (Å²) in [6.45, 7) is -0.267. The molecule has 1 heterocycles. The van der Waals surface area contributed by atoms with Gasteiger partial charge in [-0.1, -0.05) is 0 Å². The summed E-state index contributed by atoms with van der Waals surface area (Å²) < 4.78 is 41.8. The van der Waals surface area contributed by atoms with Gasteiger partial charge in [0.1, 0.15) is 17.5 Å². The first-order chi connectivity index (χ1) is 15.4. The van der Waals surface area contributed by atoms with E-state index in [4.69, 9.17) is 5.11 Å². The van der Waals surface area contributed by atoms with E-state index in [2.05, 4.69) is 15.6 Å². The minimum atomic E-state index is -0.725. The minimum absolute atomic E-state index is 0.111. The van der Waals surface area contributed by atoms with Crippen LogP contribution in [0.3, 0.4) is 0 Å². The molecule has 3 aromatic rings. The van der Waals surface area contributed by atoms with Crippen LogP contribution < -0.4 is 10.6 Å². The lowest BCUT2D eigenvalue weighted by Crippen LogP contribution is -2.43. The lowest BCUT2D eigenvalue weighted by atomic mass is 9.70. The highest BCUT2D eigenvalue weighted by Crippen LogP contribution is 2.48. The van der Waals surface area contributed by atoms with E-state index in [-0.39, 0.29) is 43.0 Å². The average Bonchev–Trinajstić information content (AvgIpc) is 3.09. The van der Waals surface area contributed by atoms with Gasteiger partial charge in [0.2, 0.25) is 11.8 Å². The highest BCUT2D eigenvalue weighted by molar-refractivity contribution is 5.93. The number of hydrogen-bond donors (Lipinski definition) is 4. The predicted octanol–water partition coefficient (Wildman–Crippen LogP) is 2.97. The summed E-state index contributed by atoms with van der Waals surface area (Å²) in [6.07, 6.45) is 0.896. The average molecular weight is 445 g/mol. The van der Waals surface area contributed by atoms with Crippen LogP contribution in [0.1, 0.15) is 24.3 Å². The Balaban J connectivity index is 1.55. The molecule has 0 atom stereocenters. The normalized spacial score (nSPS) is 17.8. The summed E-state index contributed by atoms with van der Waals surface area (Å²) in [4.78, 5) is 27.0. The number of aliphatic hydroxyl groups excluding tert-OH is 1. The first-order valence-corrected chi connectivity index (χ1v) is 10.3. The number of halogens is 3. The van der Waals surface area contributed by atoms with Crippen LogP contribution in [0.5, 0.6) is 0 Å². The second-order valence-electron chi connectivity index (χ2n) is 7.89. The number of carbonyl (C=O) groups is 2. The number of hydrogen-bond acceptors (Lipinski definition) is 3. The van der Waals surface area contributed by atoms with Crippen LogP contribution in [0.2, 0.25) is 0 Å². The van der Waals surface area contributed by atoms with Gasteiger partial charge >= 0.3 is 0 Å². The number of nitrogens with one attached hydrogen (secondary N) is 3. The van der Waals surface area contributed by atoms with E-state index in [1.54, 1.807) is 12.1 Å². The Kier molecular flexibility index (Phi) is 6.18. The maximum absolute atomic E-state index is 14.4. The number of aromatic nitrogens is 1. The van der Waals surface area contributed by atoms with E-state index >= 15 is 0 Å². The van der Waals surface area contributed by atoms with Crippen molar-refractivity contribution in [2.75, 3.05) is 19.7 Å². The lowest BCUT2D eigenvalue weighted by molar-refractivity contribution is -0.130. The number of aromatic amines is 1. The Morgan fingerprint density at radius 3 is 2.44 bits per heavy atom. The second-order valence-corrected chi connectivity index (χ2v) is 7.89. The molecule has 1 aliphatic carbocycles. The van der Waals surface area contributed by atoms with E-state index < -0.39 is 23.4 Å². The van der Waals surface area contributed by atoms with Gasteiger partial charge in [-0.2, -0.15) is 0 Å². The van der Waals surface area contributed by atoms with Crippen molar-refractivity contribution in [1.82, 2.24) is 15.6 Å². The third-order valence-electron chi connectivity index (χ3n) is 5.77. The van der Waals surface area contributed by atoms with Crippen LogP contribution in [0.15, 0.2) is 36.4 Å². The molecule has 1 fully saturated rings. The van der Waals surface area contributed by atoms with Gasteiger partial charge in [0, 0.05) is 23.9 Å². The van der Waals surface area contributed by atoms with E-state index in [1.807, 2.05) is 0 Å². The molecule has 168 valence electrons. The van der Waals surface area contributed by atoms with E-state index in [0.29, 0.717) is 35.0 Å². The number of rotatable bonds is 7. The van der Waals surface area contributed by atoms with Crippen LogP contribution in [0, 0.1) is 23.4 Å². The SMILES string of the molecule is O=C(CNC(=O)C1CC(c2c(-c3ccc(F)cc3)[nH]c3c(F)cc(F)cc23)C1)NCCO. The first-order valence-electron chi connectivity index (χ1n) is 10.3. The van der Waals surface area contributed by atoms with Gasteiger partial charge in [0.15, 0.2) is 0 Å². The standard InChI is InChI=1S/C23H22F3N3O3/c24-15-3-1-12(2-4-15)21-20(17-9-16(25)10-18(26)22(17)29-21)13-7-14(8-13)23(32)28-11-19(31)27-5-6-30/h1-4,9-10,13-14,29-30H,5-8,11H2,(H,27,31)(H,28,32). The predicted molar refractivity (Wildman–Crippen MR) is 112 cm³/mol. The van der Waals surface area contributed by atoms with Crippen molar-refractivity contribution in [2.24, 2.45) is 5.92 Å². The Hall–Kier alpha value is -3.33. The summed E-state index contributed by atoms with van der Waals surface area (Å²) in [5.41, 5.74) is 2.05. The fourth-order valence-electron chi connectivity index (χ4n) is 4.15. The van der Waals surface area contributed by atoms with Crippen LogP contribution in [0.4, 0.5) is 13.2 Å². The molecular weight excluding hydrogens is 423 g/mol. The summed E-state index contributed by atoms with van der Waals surface area (Å²) >= 11 is 0. The topological polar surface area (TPSA) is 94.2 Å². The largest absolute Gasteiger partial charge is 0.395 e. The van der Waals surface area contributed by atoms with Crippen molar-refractivity contribution in [3.63, 3.8) is 0 Å². The molecule has 32 heavy (non-hydrogen) atoms. The zero-order valence-electron chi connectivity index (χ0n) is 17.1. The van der Waals surface area contributed by atoms with Gasteiger partial charge in [-0.05, 0) is 60.2 Å². The summed E-state index contributed by atoms with van der Waals surface area (Å²) in [5, 5.41) is 14.1. The highest BCUT2D eigenvalue weighted by atomic mass is 19.1. The third-order valence-corrected chi connectivity index (χ3v) is 5.77. The Morgan fingerprint density at radius 2 is 1.75 bits per heavy atom. The molecule has 1 aromatic heterocycles. The van der Waals surface area contributed by atoms with Crippen molar-refractivity contribution in [2.45, 2.75) is 18.8 Å². The quantitative estimate of drug-likeness (QED) is 0.451. The number of amides is 2. The molecule has 1 aliphatic rings. The molecule has 0 aliphatic heterocycles. The Bertz CT molecular complexity index is 1150. The van der Waals surface area contributed by atoms with Gasteiger partial charge in [-0.25, -0.2) is 13.2 Å². The molecule has 9 heteroatoms. The molecule has 6 nitrogen and oxygen atoms in total. The summed E-state index contributed by atoms with van der Waals surface area (Å²) in [7, 11) is 0. The van der Waals surface area contributed by atoms with E-state index in [1.165, 1.54) is 18.2 Å². The summed E-state index contributed by atoms with van der Waals surface area (Å²) in [6, 6.07) is 7.77. The zero-order valence-corrected chi connectivity index (χ0v) is 17.1. The van der Waals surface area contributed by atoms with Crippen molar-refractivity contribution in [3.05, 3.63) is 59.4 Å². The van der Waals surface area contributed by atoms with Gasteiger partial charge in [-0.15, -0.1) is 0 Å². The second kappa shape index (κ2) is 9.04. The molecule has 0 bridgehead atoms. The smallest absolute Gasteiger partial charge is 0.239 e. The summed E-state index contributed by atoms with van der Waals surface area (Å²) in [5.74, 6) is -2.99. The van der Waals surface area contributed by atoms with Gasteiger partial charge in [-0.3, -0.25) is 9.59 Å². The molecule has 0 spiro atoms. The number of carbonyl (C=O) groups excluding carboxylic acids is 2. The Labute approximate surface area is 181 Å². The molecule has 4 rings (SSSR count). The monoisotopic (exact) mass is 445 g/mol. The molecule has 2 amide bonds. The number of H-pyrrole nitrogens is 1. The highest BCUT2D eigenvalue weighted by Gasteiger charge is 2.38. The van der Waals surface area contributed by atoms with E-state index in [0.717, 1.165) is 6.07 Å². The van der Waals surface area contributed by atoms with Crippen molar-refractivity contribution in [3.8, 4) is 11.3 Å². The maximum Gasteiger partial charge on any atom is 0.239 e. The molecular formula is C23H22F3N3O3. The lowest BCUT2D eigenvalue weighted by Gasteiger charge is -2.35. The van der Waals surface area contributed by atoms with Crippen LogP contribution >= 0.6 is 0 Å². The Morgan fingerprint density at radius 1 is 1.03 bits per heavy atom. The molecule has 0 unspecified atom stereocenters. The molecule has 0 radical (unpaired) electrons. The van der Waals surface area contributed by atoms with Crippen molar-refractivity contribution >= 4 is 22.7 Å². The third kappa shape index (κ3) is 4.34. The van der Waals surface area contributed by atoms with Gasteiger partial charge < -0.3 is 20.7 Å². The van der Waals surface area contributed by atoms with Gasteiger partial charge in [0.05, 0.1) is 24.4 Å².